The van der Waals surface area contributed by atoms with Gasteiger partial charge in [0.1, 0.15) is 5.75 Å². The molecule has 2 aliphatic rings. The minimum absolute atomic E-state index is 0. The lowest BCUT2D eigenvalue weighted by Crippen LogP contribution is -2.21. The fraction of sp³-hybridized carbons (Fsp3) is 0.500. The lowest BCUT2D eigenvalue weighted by atomic mass is 9.96. The van der Waals surface area contributed by atoms with Crippen LogP contribution in [0, 0.1) is 5.92 Å². The Balaban J connectivity index is 0.00000133. The Morgan fingerprint density at radius 1 is 1.37 bits per heavy atom. The molecular formula is C16H22ClNO. The number of hydrogen-bond acceptors (Lipinski definition) is 2. The number of benzene rings is 1. The first kappa shape index (κ1) is 14.4. The number of halogens is 1. The second-order valence-electron chi connectivity index (χ2n) is 5.39. The summed E-state index contributed by atoms with van der Waals surface area (Å²) in [6.45, 7) is 5.60. The van der Waals surface area contributed by atoms with Gasteiger partial charge in [-0.1, -0.05) is 24.3 Å². The summed E-state index contributed by atoms with van der Waals surface area (Å²) in [4.78, 5) is 2.56. The first-order valence-corrected chi connectivity index (χ1v) is 6.82. The third-order valence-electron chi connectivity index (χ3n) is 4.35. The van der Waals surface area contributed by atoms with Gasteiger partial charge in [-0.25, -0.2) is 0 Å². The minimum atomic E-state index is 0. The van der Waals surface area contributed by atoms with Crippen LogP contribution in [0.15, 0.2) is 30.4 Å². The van der Waals surface area contributed by atoms with Gasteiger partial charge in [0.05, 0.1) is 7.11 Å². The molecule has 0 bridgehead atoms. The van der Waals surface area contributed by atoms with Crippen molar-refractivity contribution >= 4 is 12.4 Å². The third-order valence-corrected chi connectivity index (χ3v) is 4.35. The van der Waals surface area contributed by atoms with Crippen LogP contribution < -0.4 is 4.74 Å². The molecule has 3 rings (SSSR count). The molecule has 2 atom stereocenters. The molecule has 1 aliphatic heterocycles. The predicted molar refractivity (Wildman–Crippen MR) is 81.4 cm³/mol. The van der Waals surface area contributed by atoms with Crippen molar-refractivity contribution in [2.45, 2.75) is 19.3 Å². The number of nitrogens with zero attached hydrogens (tertiary/aromatic N) is 1. The molecule has 0 saturated carbocycles. The topological polar surface area (TPSA) is 12.5 Å². The Bertz CT molecular complexity index is 472. The molecule has 1 heterocycles. The molecule has 1 aromatic carbocycles. The molecule has 0 aromatic heterocycles. The number of fused-ring (bicyclic) bond motifs is 3. The highest BCUT2D eigenvalue weighted by atomic mass is 35.5. The number of likely N-dealkylation sites (tertiary alicyclic amines) is 1. The number of rotatable bonds is 3. The molecule has 0 N–H and O–H groups in total. The zero-order chi connectivity index (χ0) is 12.5. The van der Waals surface area contributed by atoms with Crippen molar-refractivity contribution in [1.82, 2.24) is 4.90 Å². The molecule has 1 aromatic rings. The van der Waals surface area contributed by atoms with Crippen LogP contribution in [0.25, 0.3) is 0 Å². The molecule has 104 valence electrons. The summed E-state index contributed by atoms with van der Waals surface area (Å²) >= 11 is 0. The van der Waals surface area contributed by atoms with Gasteiger partial charge in [-0.15, -0.1) is 12.4 Å². The van der Waals surface area contributed by atoms with Crippen LogP contribution in [-0.2, 0) is 6.42 Å². The van der Waals surface area contributed by atoms with E-state index in [4.69, 9.17) is 4.74 Å². The Morgan fingerprint density at radius 2 is 2.21 bits per heavy atom. The van der Waals surface area contributed by atoms with E-state index in [0.717, 1.165) is 18.2 Å². The third kappa shape index (κ3) is 2.52. The van der Waals surface area contributed by atoms with Crippen molar-refractivity contribution in [2.75, 3.05) is 26.7 Å². The van der Waals surface area contributed by atoms with Gasteiger partial charge >= 0.3 is 0 Å². The van der Waals surface area contributed by atoms with Crippen molar-refractivity contribution in [3.8, 4) is 5.75 Å². The minimum Gasteiger partial charge on any atom is -0.496 e. The molecule has 0 radical (unpaired) electrons. The summed E-state index contributed by atoms with van der Waals surface area (Å²) in [7, 11) is 1.79. The maximum atomic E-state index is 5.55. The van der Waals surface area contributed by atoms with Gasteiger partial charge in [-0.3, -0.25) is 4.90 Å². The molecule has 1 fully saturated rings. The maximum absolute atomic E-state index is 5.55. The molecule has 2 unspecified atom stereocenters. The van der Waals surface area contributed by atoms with Crippen LogP contribution >= 0.6 is 12.4 Å². The molecule has 0 spiro atoms. The van der Waals surface area contributed by atoms with Gasteiger partial charge < -0.3 is 4.74 Å². The van der Waals surface area contributed by atoms with Crippen LogP contribution in [-0.4, -0.2) is 31.6 Å². The Morgan fingerprint density at radius 3 is 2.95 bits per heavy atom. The molecule has 2 nitrogen and oxygen atoms in total. The highest BCUT2D eigenvalue weighted by Crippen LogP contribution is 2.46. The van der Waals surface area contributed by atoms with Crippen LogP contribution in [0.4, 0.5) is 0 Å². The normalized spacial score (nSPS) is 25.2. The first-order chi connectivity index (χ1) is 8.83. The lowest BCUT2D eigenvalue weighted by Gasteiger charge is -2.16. The van der Waals surface area contributed by atoms with Crippen molar-refractivity contribution < 1.29 is 4.74 Å². The Hall–Kier alpha value is -0.990. The van der Waals surface area contributed by atoms with Gasteiger partial charge in [-0.2, -0.15) is 0 Å². The average Bonchev–Trinajstić information content (AvgIpc) is 2.92. The van der Waals surface area contributed by atoms with E-state index in [1.54, 1.807) is 7.11 Å². The number of allylic oxidation sites excluding steroid dienone is 1. The summed E-state index contributed by atoms with van der Waals surface area (Å²) in [6.07, 6.45) is 5.62. The average molecular weight is 280 g/mol. The van der Waals surface area contributed by atoms with Crippen molar-refractivity contribution in [2.24, 2.45) is 5.92 Å². The van der Waals surface area contributed by atoms with Gasteiger partial charge in [0, 0.05) is 31.1 Å². The van der Waals surface area contributed by atoms with Crippen LogP contribution in [0.5, 0.6) is 5.75 Å². The summed E-state index contributed by atoms with van der Waals surface area (Å²) in [5.41, 5.74) is 2.99. The van der Waals surface area contributed by atoms with Gasteiger partial charge in [0.25, 0.3) is 0 Å². The summed E-state index contributed by atoms with van der Waals surface area (Å²) in [5.74, 6) is 2.57. The van der Waals surface area contributed by atoms with Crippen LogP contribution in [0.3, 0.4) is 0 Å². The zero-order valence-electron chi connectivity index (χ0n) is 11.6. The Kier molecular flexibility index (Phi) is 4.54. The summed E-state index contributed by atoms with van der Waals surface area (Å²) in [6, 6.07) is 6.50. The molecular weight excluding hydrogens is 258 g/mol. The van der Waals surface area contributed by atoms with Crippen LogP contribution in [0.2, 0.25) is 0 Å². The van der Waals surface area contributed by atoms with Crippen molar-refractivity contribution in [3.63, 3.8) is 0 Å². The van der Waals surface area contributed by atoms with E-state index in [0.29, 0.717) is 5.92 Å². The molecule has 1 aliphatic carbocycles. The SMILES string of the molecule is CC=CCN1CC2Cc3cccc(OC)c3C2C1.Cl. The van der Waals surface area contributed by atoms with Gasteiger partial charge in [-0.05, 0) is 30.9 Å². The van der Waals surface area contributed by atoms with Gasteiger partial charge in [0.2, 0.25) is 0 Å². The van der Waals surface area contributed by atoms with E-state index < -0.39 is 0 Å². The predicted octanol–water partition coefficient (Wildman–Crippen LogP) is 3.26. The van der Waals surface area contributed by atoms with Crippen molar-refractivity contribution in [3.05, 3.63) is 41.5 Å². The summed E-state index contributed by atoms with van der Waals surface area (Å²) < 4.78 is 5.55. The van der Waals surface area contributed by atoms with E-state index in [-0.39, 0.29) is 12.4 Å². The molecule has 0 amide bonds. The highest BCUT2D eigenvalue weighted by molar-refractivity contribution is 5.85. The zero-order valence-corrected chi connectivity index (χ0v) is 12.5. The van der Waals surface area contributed by atoms with E-state index in [1.165, 1.54) is 30.6 Å². The lowest BCUT2D eigenvalue weighted by molar-refractivity contribution is 0.355. The number of methoxy groups -OCH3 is 1. The molecule has 1 saturated heterocycles. The fourth-order valence-corrected chi connectivity index (χ4v) is 3.55. The van der Waals surface area contributed by atoms with Crippen molar-refractivity contribution in [1.29, 1.82) is 0 Å². The van der Waals surface area contributed by atoms with Crippen LogP contribution in [0.1, 0.15) is 24.0 Å². The maximum Gasteiger partial charge on any atom is 0.122 e. The standard InChI is InChI=1S/C16H21NO.ClH/c1-3-4-8-17-10-13-9-12-6-5-7-15(18-2)16(12)14(13)11-17;/h3-7,13-14H,8-11H2,1-2H3;1H. The largest absolute Gasteiger partial charge is 0.496 e. The highest BCUT2D eigenvalue weighted by Gasteiger charge is 2.40. The van der Waals surface area contributed by atoms with Gasteiger partial charge in [0.15, 0.2) is 0 Å². The second kappa shape index (κ2) is 5.98. The smallest absolute Gasteiger partial charge is 0.122 e. The Labute approximate surface area is 121 Å². The second-order valence-corrected chi connectivity index (χ2v) is 5.39. The monoisotopic (exact) mass is 279 g/mol. The van der Waals surface area contributed by atoms with E-state index >= 15 is 0 Å². The fourth-order valence-electron chi connectivity index (χ4n) is 3.55. The van der Waals surface area contributed by atoms with E-state index in [2.05, 4.69) is 42.2 Å². The quantitative estimate of drug-likeness (QED) is 0.788. The summed E-state index contributed by atoms with van der Waals surface area (Å²) in [5, 5.41) is 0. The molecule has 3 heteroatoms. The van der Waals surface area contributed by atoms with E-state index in [9.17, 15) is 0 Å². The van der Waals surface area contributed by atoms with E-state index in [1.807, 2.05) is 0 Å². The number of hydrogen-bond donors (Lipinski definition) is 0. The molecule has 19 heavy (non-hydrogen) atoms. The first-order valence-electron chi connectivity index (χ1n) is 6.82. The number of ether oxygens (including phenoxy) is 1.